The van der Waals surface area contributed by atoms with Crippen LogP contribution >= 0.6 is 0 Å². The molecule has 66 valence electrons. The van der Waals surface area contributed by atoms with E-state index in [0.29, 0.717) is 6.04 Å². The Morgan fingerprint density at radius 3 is 2.27 bits per heavy atom. The number of likely N-dealkylation sites (N-methyl/N-ethyl adjacent to an activating group) is 1. The molecule has 0 fully saturated rings. The summed E-state index contributed by atoms with van der Waals surface area (Å²) in [6.45, 7) is 11.5. The van der Waals surface area contributed by atoms with Crippen LogP contribution in [0.25, 0.3) is 0 Å². The average Bonchev–Trinajstić information content (AvgIpc) is 1.88. The molecule has 0 amide bonds. The Labute approximate surface area is 71.1 Å². The fourth-order valence-corrected chi connectivity index (χ4v) is 1.63. The molecule has 11 heavy (non-hydrogen) atoms. The SMILES string of the molecule is C=CCN(C)C(CC)C(C)C. The Balaban J connectivity index is 3.90. The van der Waals surface area contributed by atoms with E-state index in [1.165, 1.54) is 6.42 Å². The van der Waals surface area contributed by atoms with Gasteiger partial charge in [-0.2, -0.15) is 0 Å². The Bertz CT molecular complexity index is 107. The quantitative estimate of drug-likeness (QED) is 0.551. The molecule has 0 aromatic carbocycles. The summed E-state index contributed by atoms with van der Waals surface area (Å²) in [5.74, 6) is 0.741. The third-order valence-electron chi connectivity index (χ3n) is 2.17. The standard InChI is InChI=1S/C10H21N/c1-6-8-11(5)10(7-2)9(3)4/h6,9-10H,1,7-8H2,2-5H3. The van der Waals surface area contributed by atoms with E-state index in [9.17, 15) is 0 Å². The minimum Gasteiger partial charge on any atom is -0.300 e. The van der Waals surface area contributed by atoms with Gasteiger partial charge in [-0.1, -0.05) is 26.8 Å². The predicted octanol–water partition coefficient (Wildman–Crippen LogP) is 2.54. The maximum Gasteiger partial charge on any atom is 0.0160 e. The third-order valence-corrected chi connectivity index (χ3v) is 2.17. The zero-order valence-corrected chi connectivity index (χ0v) is 8.30. The first-order chi connectivity index (χ1) is 5.13. The molecule has 0 aliphatic heterocycles. The van der Waals surface area contributed by atoms with Crippen molar-refractivity contribution < 1.29 is 0 Å². The van der Waals surface area contributed by atoms with E-state index >= 15 is 0 Å². The molecule has 0 saturated carbocycles. The molecule has 0 aliphatic rings. The van der Waals surface area contributed by atoms with Gasteiger partial charge in [0.15, 0.2) is 0 Å². The van der Waals surface area contributed by atoms with Gasteiger partial charge >= 0.3 is 0 Å². The Kier molecular flexibility index (Phi) is 5.22. The monoisotopic (exact) mass is 155 g/mol. The lowest BCUT2D eigenvalue weighted by molar-refractivity contribution is 0.204. The molecule has 1 atom stereocenters. The zero-order chi connectivity index (χ0) is 8.85. The minimum absolute atomic E-state index is 0.702. The van der Waals surface area contributed by atoms with Gasteiger partial charge in [0.2, 0.25) is 0 Å². The van der Waals surface area contributed by atoms with E-state index in [1.54, 1.807) is 0 Å². The van der Waals surface area contributed by atoms with E-state index in [2.05, 4.69) is 39.3 Å². The van der Waals surface area contributed by atoms with E-state index in [0.717, 1.165) is 12.5 Å². The van der Waals surface area contributed by atoms with Crippen molar-refractivity contribution >= 4 is 0 Å². The van der Waals surface area contributed by atoms with Gasteiger partial charge in [0.05, 0.1) is 0 Å². The Morgan fingerprint density at radius 2 is 2.00 bits per heavy atom. The Hall–Kier alpha value is -0.300. The van der Waals surface area contributed by atoms with Gasteiger partial charge in [-0.15, -0.1) is 6.58 Å². The van der Waals surface area contributed by atoms with Gasteiger partial charge in [0, 0.05) is 12.6 Å². The van der Waals surface area contributed by atoms with Crippen molar-refractivity contribution in [2.24, 2.45) is 5.92 Å². The highest BCUT2D eigenvalue weighted by atomic mass is 15.1. The van der Waals surface area contributed by atoms with Crippen LogP contribution in [-0.4, -0.2) is 24.5 Å². The third kappa shape index (κ3) is 3.57. The summed E-state index contributed by atoms with van der Waals surface area (Å²) in [7, 11) is 2.16. The van der Waals surface area contributed by atoms with Crippen molar-refractivity contribution in [1.82, 2.24) is 4.90 Å². The van der Waals surface area contributed by atoms with Gasteiger partial charge in [0.1, 0.15) is 0 Å². The molecule has 0 aliphatic carbocycles. The van der Waals surface area contributed by atoms with Gasteiger partial charge in [-0.25, -0.2) is 0 Å². The fraction of sp³-hybridized carbons (Fsp3) is 0.800. The average molecular weight is 155 g/mol. The van der Waals surface area contributed by atoms with Crippen LogP contribution in [0.1, 0.15) is 27.2 Å². The van der Waals surface area contributed by atoms with Crippen molar-refractivity contribution in [2.75, 3.05) is 13.6 Å². The van der Waals surface area contributed by atoms with Crippen molar-refractivity contribution in [3.63, 3.8) is 0 Å². The summed E-state index contributed by atoms with van der Waals surface area (Å²) >= 11 is 0. The van der Waals surface area contributed by atoms with Crippen molar-refractivity contribution in [3.05, 3.63) is 12.7 Å². The highest BCUT2D eigenvalue weighted by molar-refractivity contribution is 4.77. The second-order valence-electron chi connectivity index (χ2n) is 3.45. The lowest BCUT2D eigenvalue weighted by Gasteiger charge is -2.29. The van der Waals surface area contributed by atoms with Gasteiger partial charge in [-0.3, -0.25) is 4.90 Å². The Morgan fingerprint density at radius 1 is 1.45 bits per heavy atom. The lowest BCUT2D eigenvalue weighted by Crippen LogP contribution is -2.35. The summed E-state index contributed by atoms with van der Waals surface area (Å²) in [5.41, 5.74) is 0. The fourth-order valence-electron chi connectivity index (χ4n) is 1.63. The van der Waals surface area contributed by atoms with Crippen molar-refractivity contribution in [2.45, 2.75) is 33.2 Å². The van der Waals surface area contributed by atoms with Crippen LogP contribution in [0.5, 0.6) is 0 Å². The van der Waals surface area contributed by atoms with E-state index in [-0.39, 0.29) is 0 Å². The van der Waals surface area contributed by atoms with E-state index in [1.807, 2.05) is 6.08 Å². The lowest BCUT2D eigenvalue weighted by atomic mass is 10.0. The molecule has 0 heterocycles. The number of nitrogens with zero attached hydrogens (tertiary/aromatic N) is 1. The predicted molar refractivity (Wildman–Crippen MR) is 51.7 cm³/mol. The summed E-state index contributed by atoms with van der Waals surface area (Å²) in [4.78, 5) is 2.36. The topological polar surface area (TPSA) is 3.24 Å². The summed E-state index contributed by atoms with van der Waals surface area (Å²) in [5, 5.41) is 0. The molecule has 0 spiro atoms. The molecule has 1 unspecified atom stereocenters. The first-order valence-electron chi connectivity index (χ1n) is 4.44. The molecular formula is C10H21N. The molecule has 1 heteroatoms. The molecule has 0 aromatic heterocycles. The molecule has 0 aromatic rings. The van der Waals surface area contributed by atoms with Gasteiger partial charge < -0.3 is 0 Å². The normalized spacial score (nSPS) is 14.0. The molecular weight excluding hydrogens is 134 g/mol. The zero-order valence-electron chi connectivity index (χ0n) is 8.30. The molecule has 0 rings (SSSR count). The molecule has 0 saturated heterocycles. The van der Waals surface area contributed by atoms with Crippen LogP contribution in [0.3, 0.4) is 0 Å². The first-order valence-corrected chi connectivity index (χ1v) is 4.44. The van der Waals surface area contributed by atoms with Crippen LogP contribution in [0.15, 0.2) is 12.7 Å². The summed E-state index contributed by atoms with van der Waals surface area (Å²) in [6, 6.07) is 0.702. The van der Waals surface area contributed by atoms with E-state index < -0.39 is 0 Å². The maximum absolute atomic E-state index is 3.74. The van der Waals surface area contributed by atoms with Crippen molar-refractivity contribution in [3.8, 4) is 0 Å². The van der Waals surface area contributed by atoms with Crippen LogP contribution in [0.2, 0.25) is 0 Å². The molecule has 0 radical (unpaired) electrons. The first kappa shape index (κ1) is 10.7. The molecule has 0 bridgehead atoms. The smallest absolute Gasteiger partial charge is 0.0160 e. The number of hydrogen-bond donors (Lipinski definition) is 0. The van der Waals surface area contributed by atoms with Crippen LogP contribution in [0.4, 0.5) is 0 Å². The maximum atomic E-state index is 3.74. The molecule has 0 N–H and O–H groups in total. The molecule has 1 nitrogen and oxygen atoms in total. The number of hydrogen-bond acceptors (Lipinski definition) is 1. The van der Waals surface area contributed by atoms with Crippen LogP contribution in [-0.2, 0) is 0 Å². The minimum atomic E-state index is 0.702. The largest absolute Gasteiger partial charge is 0.300 e. The van der Waals surface area contributed by atoms with Gasteiger partial charge in [-0.05, 0) is 19.4 Å². The van der Waals surface area contributed by atoms with E-state index in [4.69, 9.17) is 0 Å². The second-order valence-corrected chi connectivity index (χ2v) is 3.45. The number of rotatable bonds is 5. The second kappa shape index (κ2) is 5.36. The van der Waals surface area contributed by atoms with Crippen LogP contribution in [0, 0.1) is 5.92 Å². The summed E-state index contributed by atoms with van der Waals surface area (Å²) < 4.78 is 0. The van der Waals surface area contributed by atoms with Crippen LogP contribution < -0.4 is 0 Å². The highest BCUT2D eigenvalue weighted by Gasteiger charge is 2.14. The van der Waals surface area contributed by atoms with Crippen molar-refractivity contribution in [1.29, 1.82) is 0 Å². The van der Waals surface area contributed by atoms with Gasteiger partial charge in [0.25, 0.3) is 0 Å². The summed E-state index contributed by atoms with van der Waals surface area (Å²) in [6.07, 6.45) is 3.19. The highest BCUT2D eigenvalue weighted by Crippen LogP contribution is 2.11.